The van der Waals surface area contributed by atoms with Crippen LogP contribution in [0.15, 0.2) is 48.7 Å². The van der Waals surface area contributed by atoms with Gasteiger partial charge in [0.05, 0.1) is 0 Å². The lowest BCUT2D eigenvalue weighted by molar-refractivity contribution is -0.133. The van der Waals surface area contributed by atoms with Gasteiger partial charge in [0, 0.05) is 32.4 Å². The third-order valence-corrected chi connectivity index (χ3v) is 4.60. The van der Waals surface area contributed by atoms with Gasteiger partial charge < -0.3 is 15.5 Å². The van der Waals surface area contributed by atoms with Gasteiger partial charge in [-0.2, -0.15) is 5.10 Å². The van der Waals surface area contributed by atoms with Crippen LogP contribution in [0, 0.1) is 0 Å². The van der Waals surface area contributed by atoms with Gasteiger partial charge in [0.1, 0.15) is 6.04 Å². The molecule has 2 N–H and O–H groups in total. The van der Waals surface area contributed by atoms with E-state index in [4.69, 9.17) is 5.73 Å². The SMILES string of the molecule is CN(C(=O)C(N)c1ccccc1)C1CCCN(c2cccnn2)C1.Cl.Cl. The number of hydrogen-bond acceptors (Lipinski definition) is 5. The predicted octanol–water partition coefficient (Wildman–Crippen LogP) is 2.45. The van der Waals surface area contributed by atoms with Crippen molar-refractivity contribution in [2.75, 3.05) is 25.0 Å². The zero-order valence-corrected chi connectivity index (χ0v) is 16.3. The number of piperidine rings is 1. The summed E-state index contributed by atoms with van der Waals surface area (Å²) in [6.07, 6.45) is 3.65. The molecule has 1 aromatic heterocycles. The summed E-state index contributed by atoms with van der Waals surface area (Å²) in [4.78, 5) is 16.7. The van der Waals surface area contributed by atoms with Crippen LogP contribution in [0.2, 0.25) is 0 Å². The molecule has 6 nitrogen and oxygen atoms in total. The Morgan fingerprint density at radius 1 is 1.23 bits per heavy atom. The second-order valence-corrected chi connectivity index (χ2v) is 6.16. The second-order valence-electron chi connectivity index (χ2n) is 6.16. The summed E-state index contributed by atoms with van der Waals surface area (Å²) in [5.74, 6) is 0.808. The molecule has 8 heteroatoms. The zero-order valence-electron chi connectivity index (χ0n) is 14.7. The van der Waals surface area contributed by atoms with E-state index in [0.717, 1.165) is 37.3 Å². The molecule has 2 unspecified atom stereocenters. The summed E-state index contributed by atoms with van der Waals surface area (Å²) >= 11 is 0. The number of likely N-dealkylation sites (N-methyl/N-ethyl adjacent to an activating group) is 1. The summed E-state index contributed by atoms with van der Waals surface area (Å²) in [6, 6.07) is 12.8. The minimum absolute atomic E-state index is 0. The number of benzene rings is 1. The average Bonchev–Trinajstić information content (AvgIpc) is 2.67. The largest absolute Gasteiger partial charge is 0.353 e. The van der Waals surface area contributed by atoms with E-state index >= 15 is 0 Å². The molecule has 0 aliphatic carbocycles. The Kier molecular flexibility index (Phi) is 8.78. The molecule has 1 fully saturated rings. The lowest BCUT2D eigenvalue weighted by Gasteiger charge is -2.38. The molecule has 0 radical (unpaired) electrons. The van der Waals surface area contributed by atoms with E-state index < -0.39 is 6.04 Å². The van der Waals surface area contributed by atoms with E-state index in [9.17, 15) is 4.79 Å². The van der Waals surface area contributed by atoms with Gasteiger partial charge in [-0.15, -0.1) is 29.9 Å². The molecule has 0 spiro atoms. The molecule has 2 aromatic rings. The Morgan fingerprint density at radius 2 is 1.96 bits per heavy atom. The fourth-order valence-corrected chi connectivity index (χ4v) is 3.14. The first-order valence-electron chi connectivity index (χ1n) is 8.26. The van der Waals surface area contributed by atoms with Crippen molar-refractivity contribution in [2.45, 2.75) is 24.9 Å². The molecule has 1 aromatic carbocycles. The van der Waals surface area contributed by atoms with Crippen molar-refractivity contribution in [3.63, 3.8) is 0 Å². The summed E-state index contributed by atoms with van der Waals surface area (Å²) in [5, 5.41) is 8.11. The lowest BCUT2D eigenvalue weighted by atomic mass is 10.0. The number of nitrogens with zero attached hydrogens (tertiary/aromatic N) is 4. The minimum atomic E-state index is -0.622. The highest BCUT2D eigenvalue weighted by Crippen LogP contribution is 2.22. The average molecular weight is 398 g/mol. The van der Waals surface area contributed by atoms with Crippen LogP contribution in [-0.4, -0.2) is 47.2 Å². The Bertz CT molecular complexity index is 674. The normalized spacial score (nSPS) is 17.5. The molecule has 1 aliphatic rings. The van der Waals surface area contributed by atoms with Crippen LogP contribution in [0.25, 0.3) is 0 Å². The summed E-state index contributed by atoms with van der Waals surface area (Å²) in [5.41, 5.74) is 7.01. The van der Waals surface area contributed by atoms with E-state index in [-0.39, 0.29) is 36.8 Å². The second kappa shape index (κ2) is 10.3. The molecule has 1 amide bonds. The van der Waals surface area contributed by atoms with Crippen LogP contribution in [-0.2, 0) is 4.79 Å². The summed E-state index contributed by atoms with van der Waals surface area (Å²) in [6.45, 7) is 1.68. The molecular formula is C18H25Cl2N5O. The first-order chi connectivity index (χ1) is 11.7. The van der Waals surface area contributed by atoms with Gasteiger partial charge in [-0.05, 0) is 30.5 Å². The fourth-order valence-electron chi connectivity index (χ4n) is 3.14. The molecule has 1 aliphatic heterocycles. The molecule has 142 valence electrons. The van der Waals surface area contributed by atoms with E-state index in [1.54, 1.807) is 11.1 Å². The number of rotatable bonds is 4. The molecular weight excluding hydrogens is 373 g/mol. The van der Waals surface area contributed by atoms with Crippen molar-refractivity contribution in [1.82, 2.24) is 15.1 Å². The Morgan fingerprint density at radius 3 is 2.62 bits per heavy atom. The first kappa shape index (κ1) is 22.2. The molecule has 3 rings (SSSR count). The van der Waals surface area contributed by atoms with E-state index in [1.165, 1.54) is 0 Å². The highest BCUT2D eigenvalue weighted by Gasteiger charge is 2.29. The van der Waals surface area contributed by atoms with E-state index in [2.05, 4.69) is 15.1 Å². The Labute approximate surface area is 166 Å². The monoisotopic (exact) mass is 397 g/mol. The summed E-state index contributed by atoms with van der Waals surface area (Å²) in [7, 11) is 1.84. The van der Waals surface area contributed by atoms with Crippen LogP contribution >= 0.6 is 24.8 Å². The number of carbonyl (C=O) groups excluding carboxylic acids is 1. The predicted molar refractivity (Wildman–Crippen MR) is 108 cm³/mol. The van der Waals surface area contributed by atoms with Crippen molar-refractivity contribution in [3.8, 4) is 0 Å². The van der Waals surface area contributed by atoms with Crippen LogP contribution < -0.4 is 10.6 Å². The van der Waals surface area contributed by atoms with E-state index in [1.807, 2.05) is 49.5 Å². The third-order valence-electron chi connectivity index (χ3n) is 4.60. The quantitative estimate of drug-likeness (QED) is 0.857. The van der Waals surface area contributed by atoms with Crippen molar-refractivity contribution in [3.05, 3.63) is 54.2 Å². The topological polar surface area (TPSA) is 75.3 Å². The van der Waals surface area contributed by atoms with Crippen molar-refractivity contribution < 1.29 is 4.79 Å². The highest BCUT2D eigenvalue weighted by molar-refractivity contribution is 5.85. The highest BCUT2D eigenvalue weighted by atomic mass is 35.5. The molecule has 1 saturated heterocycles. The molecule has 0 bridgehead atoms. The van der Waals surface area contributed by atoms with Gasteiger partial charge in [0.15, 0.2) is 5.82 Å². The zero-order chi connectivity index (χ0) is 16.9. The van der Waals surface area contributed by atoms with Crippen LogP contribution in [0.1, 0.15) is 24.4 Å². The smallest absolute Gasteiger partial charge is 0.244 e. The van der Waals surface area contributed by atoms with Gasteiger partial charge in [-0.3, -0.25) is 4.79 Å². The number of carbonyl (C=O) groups is 1. The number of aromatic nitrogens is 2. The van der Waals surface area contributed by atoms with Gasteiger partial charge in [0.2, 0.25) is 5.91 Å². The maximum atomic E-state index is 12.7. The summed E-state index contributed by atoms with van der Waals surface area (Å²) < 4.78 is 0. The number of nitrogens with two attached hydrogens (primary N) is 1. The van der Waals surface area contributed by atoms with Crippen LogP contribution in [0.3, 0.4) is 0 Å². The standard InChI is InChI=1S/C18H23N5O.2ClH/c1-22(18(24)17(19)14-7-3-2-4-8-14)15-9-6-12-23(13-15)16-10-5-11-20-21-16;;/h2-5,7-8,10-11,15,17H,6,9,12-13,19H2,1H3;2*1H. The molecule has 0 saturated carbocycles. The minimum Gasteiger partial charge on any atom is -0.353 e. The molecule has 2 atom stereocenters. The third kappa shape index (κ3) is 5.06. The lowest BCUT2D eigenvalue weighted by Crippen LogP contribution is -2.50. The van der Waals surface area contributed by atoms with E-state index in [0.29, 0.717) is 0 Å². The van der Waals surface area contributed by atoms with Gasteiger partial charge >= 0.3 is 0 Å². The number of halogens is 2. The van der Waals surface area contributed by atoms with Crippen molar-refractivity contribution >= 4 is 36.5 Å². The maximum Gasteiger partial charge on any atom is 0.244 e. The van der Waals surface area contributed by atoms with Gasteiger partial charge in [0.25, 0.3) is 0 Å². The first-order valence-corrected chi connectivity index (χ1v) is 8.26. The van der Waals surface area contributed by atoms with Crippen LogP contribution in [0.4, 0.5) is 5.82 Å². The number of amides is 1. The van der Waals surface area contributed by atoms with Gasteiger partial charge in [-0.1, -0.05) is 30.3 Å². The fraction of sp³-hybridized carbons (Fsp3) is 0.389. The van der Waals surface area contributed by atoms with Crippen LogP contribution in [0.5, 0.6) is 0 Å². The number of hydrogen-bond donors (Lipinski definition) is 1. The Hall–Kier alpha value is -1.89. The molecule has 26 heavy (non-hydrogen) atoms. The van der Waals surface area contributed by atoms with Crippen molar-refractivity contribution in [1.29, 1.82) is 0 Å². The molecule has 2 heterocycles. The Balaban J connectivity index is 0.00000169. The van der Waals surface area contributed by atoms with Gasteiger partial charge in [-0.25, -0.2) is 0 Å². The van der Waals surface area contributed by atoms with Crippen molar-refractivity contribution in [2.24, 2.45) is 5.73 Å². The number of anilines is 1. The maximum absolute atomic E-state index is 12.7.